The average molecular weight is 312 g/mol. The van der Waals surface area contributed by atoms with Crippen molar-refractivity contribution >= 4 is 5.91 Å². The van der Waals surface area contributed by atoms with E-state index in [9.17, 15) is 4.79 Å². The fourth-order valence-corrected chi connectivity index (χ4v) is 2.44. The van der Waals surface area contributed by atoms with Crippen molar-refractivity contribution in [3.8, 4) is 5.88 Å². The van der Waals surface area contributed by atoms with Crippen LogP contribution in [0.5, 0.6) is 5.88 Å². The summed E-state index contributed by atoms with van der Waals surface area (Å²) in [7, 11) is 0. The van der Waals surface area contributed by atoms with Crippen molar-refractivity contribution in [1.29, 1.82) is 0 Å². The van der Waals surface area contributed by atoms with Gasteiger partial charge in [-0.15, -0.1) is 0 Å². The van der Waals surface area contributed by atoms with E-state index in [4.69, 9.17) is 9.47 Å². The van der Waals surface area contributed by atoms with E-state index >= 15 is 0 Å². The van der Waals surface area contributed by atoms with Gasteiger partial charge in [0, 0.05) is 31.5 Å². The predicted molar refractivity (Wildman–Crippen MR) is 86.3 cm³/mol. The molecule has 120 valence electrons. The van der Waals surface area contributed by atoms with Crippen molar-refractivity contribution in [3.05, 3.63) is 59.8 Å². The van der Waals surface area contributed by atoms with Crippen molar-refractivity contribution in [2.75, 3.05) is 13.2 Å². The molecule has 1 aliphatic rings. The molecule has 1 aromatic heterocycles. The second kappa shape index (κ2) is 7.74. The summed E-state index contributed by atoms with van der Waals surface area (Å²) < 4.78 is 10.9. The number of benzene rings is 1. The minimum Gasteiger partial charge on any atom is -0.473 e. The largest absolute Gasteiger partial charge is 0.473 e. The van der Waals surface area contributed by atoms with E-state index in [1.807, 2.05) is 30.3 Å². The Hall–Kier alpha value is -2.40. The molecule has 23 heavy (non-hydrogen) atoms. The van der Waals surface area contributed by atoms with Gasteiger partial charge in [-0.3, -0.25) is 4.79 Å². The SMILES string of the molecule is O=C(NC1CCOCC1)c1ccc(OCc2ccccc2)nc1. The van der Waals surface area contributed by atoms with E-state index in [2.05, 4.69) is 10.3 Å². The normalized spacial score (nSPS) is 15.1. The van der Waals surface area contributed by atoms with Gasteiger partial charge in [0.25, 0.3) is 5.91 Å². The highest BCUT2D eigenvalue weighted by Gasteiger charge is 2.17. The first kappa shape index (κ1) is 15.5. The molecule has 1 fully saturated rings. The Labute approximate surface area is 135 Å². The highest BCUT2D eigenvalue weighted by molar-refractivity contribution is 5.94. The van der Waals surface area contributed by atoms with Gasteiger partial charge in [0.1, 0.15) is 6.61 Å². The van der Waals surface area contributed by atoms with Crippen molar-refractivity contribution in [2.24, 2.45) is 0 Å². The van der Waals surface area contributed by atoms with Gasteiger partial charge in [-0.1, -0.05) is 30.3 Å². The van der Waals surface area contributed by atoms with Crippen LogP contribution >= 0.6 is 0 Å². The van der Waals surface area contributed by atoms with Gasteiger partial charge in [0.05, 0.1) is 5.56 Å². The maximum Gasteiger partial charge on any atom is 0.253 e. The third-order valence-electron chi connectivity index (χ3n) is 3.78. The molecule has 5 nitrogen and oxygen atoms in total. The molecule has 0 aliphatic carbocycles. The summed E-state index contributed by atoms with van der Waals surface area (Å²) in [5, 5.41) is 3.01. The topological polar surface area (TPSA) is 60.5 Å². The molecule has 1 saturated heterocycles. The Bertz CT molecular complexity index is 622. The van der Waals surface area contributed by atoms with Crippen LogP contribution in [0.15, 0.2) is 48.7 Å². The molecule has 3 rings (SSSR count). The molecule has 0 bridgehead atoms. The molecule has 0 atom stereocenters. The highest BCUT2D eigenvalue weighted by atomic mass is 16.5. The van der Waals surface area contributed by atoms with E-state index in [0.717, 1.165) is 18.4 Å². The number of ether oxygens (including phenoxy) is 2. The van der Waals surface area contributed by atoms with Gasteiger partial charge in [0.15, 0.2) is 0 Å². The summed E-state index contributed by atoms with van der Waals surface area (Å²) in [5.74, 6) is 0.412. The van der Waals surface area contributed by atoms with Crippen molar-refractivity contribution < 1.29 is 14.3 Å². The Kier molecular flexibility index (Phi) is 5.21. The van der Waals surface area contributed by atoms with Gasteiger partial charge >= 0.3 is 0 Å². The molecule has 0 saturated carbocycles. The fraction of sp³-hybridized carbons (Fsp3) is 0.333. The summed E-state index contributed by atoms with van der Waals surface area (Å²) in [6, 6.07) is 13.5. The first-order valence-electron chi connectivity index (χ1n) is 7.82. The Morgan fingerprint density at radius 3 is 2.65 bits per heavy atom. The average Bonchev–Trinajstić information content (AvgIpc) is 2.62. The molecule has 1 N–H and O–H groups in total. The summed E-state index contributed by atoms with van der Waals surface area (Å²) in [6.07, 6.45) is 3.27. The first-order valence-corrected chi connectivity index (χ1v) is 7.82. The molecule has 5 heteroatoms. The lowest BCUT2D eigenvalue weighted by Crippen LogP contribution is -2.38. The number of nitrogens with one attached hydrogen (secondary N) is 1. The number of rotatable bonds is 5. The second-order valence-corrected chi connectivity index (χ2v) is 5.52. The summed E-state index contributed by atoms with van der Waals surface area (Å²) in [6.45, 7) is 1.87. The third-order valence-corrected chi connectivity index (χ3v) is 3.78. The molecule has 0 spiro atoms. The van der Waals surface area contributed by atoms with Crippen molar-refractivity contribution in [1.82, 2.24) is 10.3 Å². The Balaban J connectivity index is 1.52. The van der Waals surface area contributed by atoms with Crippen LogP contribution in [0.3, 0.4) is 0 Å². The maximum atomic E-state index is 12.2. The number of carbonyl (C=O) groups is 1. The number of pyridine rings is 1. The lowest BCUT2D eigenvalue weighted by molar-refractivity contribution is 0.0696. The molecule has 2 aromatic rings. The molecular weight excluding hydrogens is 292 g/mol. The van der Waals surface area contributed by atoms with E-state index in [1.54, 1.807) is 18.3 Å². The number of amides is 1. The van der Waals surface area contributed by atoms with Crippen LogP contribution in [0.4, 0.5) is 0 Å². The van der Waals surface area contributed by atoms with Gasteiger partial charge in [-0.05, 0) is 24.5 Å². The number of aromatic nitrogens is 1. The first-order chi connectivity index (χ1) is 11.3. The fourth-order valence-electron chi connectivity index (χ4n) is 2.44. The van der Waals surface area contributed by atoms with Gasteiger partial charge in [0.2, 0.25) is 5.88 Å². The monoisotopic (exact) mass is 312 g/mol. The minimum atomic E-state index is -0.0981. The smallest absolute Gasteiger partial charge is 0.253 e. The van der Waals surface area contributed by atoms with Crippen LogP contribution in [0.1, 0.15) is 28.8 Å². The molecule has 0 unspecified atom stereocenters. The van der Waals surface area contributed by atoms with Crippen LogP contribution < -0.4 is 10.1 Å². The zero-order valence-corrected chi connectivity index (χ0v) is 12.9. The van der Waals surface area contributed by atoms with Gasteiger partial charge in [-0.25, -0.2) is 4.98 Å². The molecular formula is C18H20N2O3. The summed E-state index contributed by atoms with van der Waals surface area (Å²) in [5.41, 5.74) is 1.62. The van der Waals surface area contributed by atoms with Crippen LogP contribution in [-0.2, 0) is 11.3 Å². The molecule has 1 aliphatic heterocycles. The van der Waals surface area contributed by atoms with E-state index in [1.165, 1.54) is 0 Å². The van der Waals surface area contributed by atoms with Crippen LogP contribution in [-0.4, -0.2) is 30.1 Å². The highest BCUT2D eigenvalue weighted by Crippen LogP contribution is 2.12. The minimum absolute atomic E-state index is 0.0981. The third kappa shape index (κ3) is 4.53. The van der Waals surface area contributed by atoms with E-state index < -0.39 is 0 Å². The summed E-state index contributed by atoms with van der Waals surface area (Å²) >= 11 is 0. The number of hydrogen-bond acceptors (Lipinski definition) is 4. The zero-order chi connectivity index (χ0) is 15.9. The van der Waals surface area contributed by atoms with Gasteiger partial charge in [-0.2, -0.15) is 0 Å². The second-order valence-electron chi connectivity index (χ2n) is 5.52. The summed E-state index contributed by atoms with van der Waals surface area (Å²) in [4.78, 5) is 16.4. The number of nitrogens with zero attached hydrogens (tertiary/aromatic N) is 1. The Morgan fingerprint density at radius 2 is 1.96 bits per heavy atom. The Morgan fingerprint density at radius 1 is 1.17 bits per heavy atom. The van der Waals surface area contributed by atoms with Crippen LogP contribution in [0.2, 0.25) is 0 Å². The van der Waals surface area contributed by atoms with Crippen LogP contribution in [0, 0.1) is 0 Å². The molecule has 2 heterocycles. The molecule has 0 radical (unpaired) electrons. The lowest BCUT2D eigenvalue weighted by Gasteiger charge is -2.23. The van der Waals surface area contributed by atoms with Gasteiger partial charge < -0.3 is 14.8 Å². The number of carbonyl (C=O) groups excluding carboxylic acids is 1. The predicted octanol–water partition coefficient (Wildman–Crippen LogP) is 2.57. The quantitative estimate of drug-likeness (QED) is 0.922. The molecule has 1 amide bonds. The van der Waals surface area contributed by atoms with E-state index in [-0.39, 0.29) is 11.9 Å². The standard InChI is InChI=1S/C18H20N2O3/c21-18(20-16-8-10-22-11-9-16)15-6-7-17(19-12-15)23-13-14-4-2-1-3-5-14/h1-7,12,16H,8-11,13H2,(H,20,21). The van der Waals surface area contributed by atoms with Crippen molar-refractivity contribution in [3.63, 3.8) is 0 Å². The maximum absolute atomic E-state index is 12.2. The van der Waals surface area contributed by atoms with E-state index in [0.29, 0.717) is 31.3 Å². The molecule has 1 aromatic carbocycles. The van der Waals surface area contributed by atoms with Crippen molar-refractivity contribution in [2.45, 2.75) is 25.5 Å². The zero-order valence-electron chi connectivity index (χ0n) is 12.9. The lowest BCUT2D eigenvalue weighted by atomic mass is 10.1. The number of hydrogen-bond donors (Lipinski definition) is 1. The van der Waals surface area contributed by atoms with Crippen LogP contribution in [0.25, 0.3) is 0 Å².